The summed E-state index contributed by atoms with van der Waals surface area (Å²) >= 11 is 0. The molecule has 0 spiro atoms. The fourth-order valence-corrected chi connectivity index (χ4v) is 4.42. The molecule has 0 unspecified atom stereocenters. The number of rotatable bonds is 6. The Hall–Kier alpha value is -3.14. The number of hydrogen-bond acceptors (Lipinski definition) is 3. The zero-order chi connectivity index (χ0) is 24.0. The minimum atomic E-state index is -0.408. The van der Waals surface area contributed by atoms with E-state index in [2.05, 4.69) is 72.7 Å². The van der Waals surface area contributed by atoms with Crippen LogP contribution in [0.1, 0.15) is 71.6 Å². The van der Waals surface area contributed by atoms with Crippen molar-refractivity contribution in [2.24, 2.45) is 5.41 Å². The summed E-state index contributed by atoms with van der Waals surface area (Å²) in [5, 5.41) is 21.0. The lowest BCUT2D eigenvalue weighted by Crippen LogP contribution is -2.36. The van der Waals surface area contributed by atoms with Crippen molar-refractivity contribution in [1.29, 1.82) is 0 Å². The number of hydrogen-bond donors (Lipinski definition) is 1. The van der Waals surface area contributed by atoms with Crippen molar-refractivity contribution < 1.29 is 5.11 Å². The first kappa shape index (κ1) is 23.0. The van der Waals surface area contributed by atoms with Gasteiger partial charge in [0.05, 0.1) is 0 Å². The van der Waals surface area contributed by atoms with Crippen LogP contribution >= 0.6 is 0 Å². The van der Waals surface area contributed by atoms with E-state index in [1.54, 1.807) is 4.80 Å². The molecule has 172 valence electrons. The van der Waals surface area contributed by atoms with Gasteiger partial charge >= 0.3 is 0 Å². The van der Waals surface area contributed by atoms with Crippen LogP contribution in [0.5, 0.6) is 5.75 Å². The molecular formula is C29H35N3O. The molecule has 0 fully saturated rings. The minimum Gasteiger partial charge on any atom is -0.505 e. The fourth-order valence-electron chi connectivity index (χ4n) is 4.42. The molecular weight excluding hydrogens is 406 g/mol. The third-order valence-corrected chi connectivity index (χ3v) is 8.06. The highest BCUT2D eigenvalue weighted by Gasteiger charge is 2.39. The summed E-state index contributed by atoms with van der Waals surface area (Å²) in [6.07, 6.45) is 1.04. The molecule has 4 nitrogen and oxygen atoms in total. The van der Waals surface area contributed by atoms with Gasteiger partial charge in [0.2, 0.25) is 0 Å². The van der Waals surface area contributed by atoms with E-state index in [1.165, 1.54) is 5.56 Å². The molecule has 3 aromatic carbocycles. The monoisotopic (exact) mass is 441 g/mol. The Bertz CT molecular complexity index is 1250. The maximum Gasteiger partial charge on any atom is 0.147 e. The molecule has 0 amide bonds. The van der Waals surface area contributed by atoms with Crippen LogP contribution in [0.4, 0.5) is 0 Å². The van der Waals surface area contributed by atoms with Gasteiger partial charge in [-0.1, -0.05) is 103 Å². The van der Waals surface area contributed by atoms with Crippen LogP contribution in [0.15, 0.2) is 66.7 Å². The van der Waals surface area contributed by atoms with Crippen LogP contribution < -0.4 is 0 Å². The predicted molar refractivity (Wildman–Crippen MR) is 136 cm³/mol. The van der Waals surface area contributed by atoms with E-state index in [-0.39, 0.29) is 16.6 Å². The topological polar surface area (TPSA) is 50.9 Å². The first-order valence-corrected chi connectivity index (χ1v) is 11.7. The van der Waals surface area contributed by atoms with E-state index in [0.717, 1.165) is 28.6 Å². The molecule has 0 aliphatic heterocycles. The van der Waals surface area contributed by atoms with E-state index in [9.17, 15) is 5.11 Å². The number of benzene rings is 3. The molecule has 4 heteroatoms. The van der Waals surface area contributed by atoms with E-state index in [0.29, 0.717) is 5.69 Å². The Morgan fingerprint density at radius 1 is 0.758 bits per heavy atom. The van der Waals surface area contributed by atoms with E-state index in [1.807, 2.05) is 42.5 Å². The summed E-state index contributed by atoms with van der Waals surface area (Å²) in [4.78, 5) is 1.59. The highest BCUT2D eigenvalue weighted by Crippen LogP contribution is 2.48. The molecule has 0 radical (unpaired) electrons. The van der Waals surface area contributed by atoms with Crippen molar-refractivity contribution in [2.75, 3.05) is 0 Å². The van der Waals surface area contributed by atoms with Crippen LogP contribution in [-0.4, -0.2) is 20.1 Å². The number of nitrogens with zero attached hydrogens (tertiary/aromatic N) is 3. The minimum absolute atomic E-state index is 0.0532. The van der Waals surface area contributed by atoms with Crippen molar-refractivity contribution in [2.45, 2.75) is 65.7 Å². The third kappa shape index (κ3) is 3.82. The van der Waals surface area contributed by atoms with E-state index >= 15 is 0 Å². The lowest BCUT2D eigenvalue weighted by Gasteiger charge is -2.43. The maximum atomic E-state index is 11.6. The van der Waals surface area contributed by atoms with Crippen LogP contribution in [0, 0.1) is 5.41 Å². The summed E-state index contributed by atoms with van der Waals surface area (Å²) < 4.78 is 0. The molecule has 1 aromatic heterocycles. The Kier molecular flexibility index (Phi) is 5.60. The van der Waals surface area contributed by atoms with Gasteiger partial charge in [-0.2, -0.15) is 0 Å². The van der Waals surface area contributed by atoms with Crippen LogP contribution in [-0.2, 0) is 10.8 Å². The number of phenols is 1. The fraction of sp³-hybridized carbons (Fsp3) is 0.379. The Morgan fingerprint density at radius 3 is 1.85 bits per heavy atom. The molecule has 33 heavy (non-hydrogen) atoms. The summed E-state index contributed by atoms with van der Waals surface area (Å²) in [5.74, 6) is 0.220. The maximum absolute atomic E-state index is 11.6. The predicted octanol–water partition coefficient (Wildman–Crippen LogP) is 7.17. The number of fused-ring (bicyclic) bond motifs is 1. The largest absolute Gasteiger partial charge is 0.505 e. The highest BCUT2D eigenvalue weighted by molar-refractivity contribution is 5.74. The van der Waals surface area contributed by atoms with Crippen molar-refractivity contribution in [3.05, 3.63) is 83.4 Å². The second-order valence-corrected chi connectivity index (χ2v) is 10.7. The Morgan fingerprint density at radius 2 is 1.30 bits per heavy atom. The standard InChI is InChI=1S/C29H35N3O/c1-8-27(2,3)29(6,7)21-18-22(28(4,5)20-14-10-9-11-15-20)26(33)25(19-21)32-30-23-16-12-13-17-24(23)31-32/h9-19,33H,8H2,1-7H3. The quantitative estimate of drug-likeness (QED) is 0.345. The van der Waals surface area contributed by atoms with E-state index < -0.39 is 5.41 Å². The number of aromatic nitrogens is 3. The average molecular weight is 442 g/mol. The van der Waals surface area contributed by atoms with Gasteiger partial charge < -0.3 is 5.11 Å². The van der Waals surface area contributed by atoms with Gasteiger partial charge in [0.1, 0.15) is 22.5 Å². The molecule has 0 atom stereocenters. The second-order valence-electron chi connectivity index (χ2n) is 10.7. The summed E-state index contributed by atoms with van der Waals surface area (Å²) in [5.41, 5.74) is 4.92. The molecule has 1 heterocycles. The average Bonchev–Trinajstić information content (AvgIpc) is 3.23. The second kappa shape index (κ2) is 8.02. The van der Waals surface area contributed by atoms with Crippen molar-refractivity contribution in [3.63, 3.8) is 0 Å². The smallest absolute Gasteiger partial charge is 0.147 e. The molecule has 1 N–H and O–H groups in total. The van der Waals surface area contributed by atoms with Crippen molar-refractivity contribution >= 4 is 11.0 Å². The molecule has 0 saturated carbocycles. The lowest BCUT2D eigenvalue weighted by atomic mass is 9.62. The molecule has 0 aliphatic carbocycles. The van der Waals surface area contributed by atoms with Gasteiger partial charge in [0, 0.05) is 11.0 Å². The lowest BCUT2D eigenvalue weighted by molar-refractivity contribution is 0.189. The Labute approximate surface area is 197 Å². The molecule has 0 saturated heterocycles. The van der Waals surface area contributed by atoms with Gasteiger partial charge in [-0.3, -0.25) is 0 Å². The molecule has 0 aliphatic rings. The summed E-state index contributed by atoms with van der Waals surface area (Å²) in [7, 11) is 0. The van der Waals surface area contributed by atoms with Crippen LogP contribution in [0.3, 0.4) is 0 Å². The highest BCUT2D eigenvalue weighted by atomic mass is 16.3. The van der Waals surface area contributed by atoms with Crippen LogP contribution in [0.25, 0.3) is 16.7 Å². The molecule has 4 aromatic rings. The molecule has 4 rings (SSSR count). The zero-order valence-electron chi connectivity index (χ0n) is 20.8. The third-order valence-electron chi connectivity index (χ3n) is 8.06. The van der Waals surface area contributed by atoms with E-state index in [4.69, 9.17) is 10.2 Å². The molecule has 0 bridgehead atoms. The normalized spacial score (nSPS) is 12.9. The van der Waals surface area contributed by atoms with Gasteiger partial charge in [0.25, 0.3) is 0 Å². The van der Waals surface area contributed by atoms with Gasteiger partial charge in [0.15, 0.2) is 0 Å². The Balaban J connectivity index is 2.01. The van der Waals surface area contributed by atoms with Gasteiger partial charge in [-0.15, -0.1) is 15.0 Å². The van der Waals surface area contributed by atoms with Gasteiger partial charge in [-0.05, 0) is 40.2 Å². The first-order chi connectivity index (χ1) is 15.5. The number of phenolic OH excluding ortho intramolecular Hbond substituents is 1. The summed E-state index contributed by atoms with van der Waals surface area (Å²) in [6.45, 7) is 15.8. The summed E-state index contributed by atoms with van der Waals surface area (Å²) in [6, 6.07) is 22.4. The van der Waals surface area contributed by atoms with Crippen LogP contribution in [0.2, 0.25) is 0 Å². The SMILES string of the molecule is CCC(C)(C)C(C)(C)c1cc(-n2nc3ccccc3n2)c(O)c(C(C)(C)c2ccccc2)c1. The number of aromatic hydroxyl groups is 1. The van der Waals surface area contributed by atoms with Gasteiger partial charge in [-0.25, -0.2) is 0 Å². The zero-order valence-corrected chi connectivity index (χ0v) is 20.8. The first-order valence-electron chi connectivity index (χ1n) is 11.7. The van der Waals surface area contributed by atoms with Crippen molar-refractivity contribution in [1.82, 2.24) is 15.0 Å². The van der Waals surface area contributed by atoms with Crippen molar-refractivity contribution in [3.8, 4) is 11.4 Å².